The molecule has 0 amide bonds. The number of rotatable bonds is 0. The van der Waals surface area contributed by atoms with Gasteiger partial charge in [0.05, 0.1) is 0 Å². The minimum absolute atomic E-state index is 0.0867. The fraction of sp³-hybridized carbons (Fsp3) is 0. The summed E-state index contributed by atoms with van der Waals surface area (Å²) in [6, 6.07) is 15.9. The van der Waals surface area contributed by atoms with Crippen LogP contribution in [0.1, 0.15) is 15.9 Å². The van der Waals surface area contributed by atoms with E-state index in [1.54, 1.807) is 0 Å². The largest absolute Gasteiger partial charge is 0.289 e. The van der Waals surface area contributed by atoms with Gasteiger partial charge in [-0.15, -0.1) is 0 Å². The van der Waals surface area contributed by atoms with Crippen LogP contribution in [-0.4, -0.2) is 5.78 Å². The molecule has 0 heterocycles. The van der Waals surface area contributed by atoms with Gasteiger partial charge in [-0.05, 0) is 23.1 Å². The number of hydrogen-bond donors (Lipinski definition) is 0. The molecule has 0 aromatic heterocycles. The summed E-state index contributed by atoms with van der Waals surface area (Å²) in [5.41, 5.74) is 3.63. The second-order valence-corrected chi connectivity index (χ2v) is 6.53. The summed E-state index contributed by atoms with van der Waals surface area (Å²) in [7, 11) is 0. The highest BCUT2D eigenvalue weighted by Gasteiger charge is 2.27. The third kappa shape index (κ3) is 1.51. The highest BCUT2D eigenvalue weighted by atomic mass is 79.9. The number of carbonyl (C=O) groups is 1. The minimum atomic E-state index is 0.0867. The molecule has 0 N–H and O–H groups in total. The Morgan fingerprint density at radius 2 is 1.30 bits per heavy atom. The van der Waals surface area contributed by atoms with Crippen molar-refractivity contribution in [2.45, 2.75) is 0 Å². The van der Waals surface area contributed by atoms with Gasteiger partial charge in [-0.3, -0.25) is 4.79 Å². The lowest BCUT2D eigenvalue weighted by Crippen LogP contribution is -2.11. The second-order valence-electron chi connectivity index (χ2n) is 4.82. The van der Waals surface area contributed by atoms with Crippen LogP contribution in [0.25, 0.3) is 21.9 Å². The Balaban J connectivity index is 2.33. The first kappa shape index (κ1) is 12.3. The Morgan fingerprint density at radius 3 is 2.00 bits per heavy atom. The Hall–Kier alpha value is -1.45. The Morgan fingerprint density at radius 1 is 0.700 bits per heavy atom. The summed E-state index contributed by atoms with van der Waals surface area (Å²) >= 11 is 7.16. The van der Waals surface area contributed by atoms with E-state index in [1.165, 1.54) is 0 Å². The van der Waals surface area contributed by atoms with Crippen molar-refractivity contribution in [3.63, 3.8) is 0 Å². The highest BCUT2D eigenvalue weighted by Crippen LogP contribution is 2.45. The fourth-order valence-corrected chi connectivity index (χ4v) is 3.94. The van der Waals surface area contributed by atoms with Gasteiger partial charge in [0, 0.05) is 31.0 Å². The van der Waals surface area contributed by atoms with E-state index < -0.39 is 0 Å². The Labute approximate surface area is 132 Å². The van der Waals surface area contributed by atoms with Crippen molar-refractivity contribution in [3.8, 4) is 11.1 Å². The minimum Gasteiger partial charge on any atom is -0.289 e. The first-order valence-corrected chi connectivity index (χ1v) is 7.82. The molecule has 0 aliphatic heterocycles. The van der Waals surface area contributed by atoms with Gasteiger partial charge in [-0.1, -0.05) is 68.3 Å². The zero-order valence-corrected chi connectivity index (χ0v) is 13.5. The van der Waals surface area contributed by atoms with Crippen molar-refractivity contribution in [2.24, 2.45) is 0 Å². The van der Waals surface area contributed by atoms with E-state index in [0.717, 1.165) is 42.0 Å². The van der Waals surface area contributed by atoms with Gasteiger partial charge in [0.2, 0.25) is 0 Å². The number of hydrogen-bond acceptors (Lipinski definition) is 1. The molecule has 0 saturated heterocycles. The van der Waals surface area contributed by atoms with Crippen LogP contribution in [0.15, 0.2) is 57.5 Å². The van der Waals surface area contributed by atoms with Gasteiger partial charge in [0.25, 0.3) is 0 Å². The molecule has 0 unspecified atom stereocenters. The lowest BCUT2D eigenvalue weighted by atomic mass is 9.83. The molecule has 3 heteroatoms. The van der Waals surface area contributed by atoms with Crippen LogP contribution in [-0.2, 0) is 0 Å². The molecule has 1 nitrogen and oxygen atoms in total. The highest BCUT2D eigenvalue weighted by molar-refractivity contribution is 9.11. The van der Waals surface area contributed by atoms with Gasteiger partial charge in [-0.2, -0.15) is 0 Å². The molecule has 3 aromatic rings. The molecule has 4 rings (SSSR count). The van der Waals surface area contributed by atoms with Crippen molar-refractivity contribution in [2.75, 3.05) is 0 Å². The van der Waals surface area contributed by atoms with Crippen LogP contribution in [0, 0.1) is 0 Å². The zero-order valence-electron chi connectivity index (χ0n) is 10.3. The van der Waals surface area contributed by atoms with Gasteiger partial charge >= 0.3 is 0 Å². The van der Waals surface area contributed by atoms with Gasteiger partial charge in [0.15, 0.2) is 5.78 Å². The van der Waals surface area contributed by atoms with Gasteiger partial charge in [-0.25, -0.2) is 0 Å². The number of benzene rings is 3. The molecule has 0 fully saturated rings. The van der Waals surface area contributed by atoms with Crippen LogP contribution in [0.5, 0.6) is 0 Å². The third-order valence-electron chi connectivity index (χ3n) is 3.75. The van der Waals surface area contributed by atoms with E-state index in [2.05, 4.69) is 31.9 Å². The maximum atomic E-state index is 12.8. The molecular weight excluding hydrogens is 380 g/mol. The molecule has 96 valence electrons. The van der Waals surface area contributed by atoms with E-state index in [1.807, 2.05) is 48.5 Å². The Kier molecular flexibility index (Phi) is 2.63. The number of halogens is 2. The van der Waals surface area contributed by atoms with E-state index >= 15 is 0 Å². The van der Waals surface area contributed by atoms with Crippen LogP contribution < -0.4 is 0 Å². The van der Waals surface area contributed by atoms with Gasteiger partial charge in [0.1, 0.15) is 0 Å². The van der Waals surface area contributed by atoms with E-state index in [-0.39, 0.29) is 5.78 Å². The normalized spacial score (nSPS) is 12.6. The average molecular weight is 388 g/mol. The van der Waals surface area contributed by atoms with E-state index in [0.29, 0.717) is 0 Å². The lowest BCUT2D eigenvalue weighted by molar-refractivity contribution is 0.103. The summed E-state index contributed by atoms with van der Waals surface area (Å²) in [5, 5.41) is 2.11. The summed E-state index contributed by atoms with van der Waals surface area (Å²) < 4.78 is 1.87. The molecule has 0 saturated carbocycles. The maximum absolute atomic E-state index is 12.8. The van der Waals surface area contributed by atoms with E-state index in [4.69, 9.17) is 0 Å². The Bertz CT molecular complexity index is 892. The second kappa shape index (κ2) is 4.27. The summed E-state index contributed by atoms with van der Waals surface area (Å²) in [5.74, 6) is 0.0867. The van der Waals surface area contributed by atoms with Crippen LogP contribution >= 0.6 is 31.9 Å². The van der Waals surface area contributed by atoms with Crippen molar-refractivity contribution in [3.05, 3.63) is 68.6 Å². The predicted molar refractivity (Wildman–Crippen MR) is 88.2 cm³/mol. The predicted octanol–water partition coefficient (Wildman–Crippen LogP) is 5.58. The summed E-state index contributed by atoms with van der Waals surface area (Å²) in [6.07, 6.45) is 0. The first-order chi connectivity index (χ1) is 9.68. The van der Waals surface area contributed by atoms with Crippen molar-refractivity contribution in [1.29, 1.82) is 0 Å². The monoisotopic (exact) mass is 386 g/mol. The molecule has 0 atom stereocenters. The van der Waals surface area contributed by atoms with Crippen LogP contribution in [0.2, 0.25) is 0 Å². The molecule has 1 aliphatic carbocycles. The molecule has 3 aromatic carbocycles. The standard InChI is InChI=1S/C17H8Br2O/c18-12-7-5-9-6-8-13(19)16-14(9)15(12)10-3-1-2-4-11(10)17(16)20/h1-8H. The van der Waals surface area contributed by atoms with Crippen LogP contribution in [0.4, 0.5) is 0 Å². The lowest BCUT2D eigenvalue weighted by Gasteiger charge is -2.21. The maximum Gasteiger partial charge on any atom is 0.195 e. The zero-order chi connectivity index (χ0) is 13.9. The molecule has 0 spiro atoms. The molecule has 0 bridgehead atoms. The third-order valence-corrected chi connectivity index (χ3v) is 5.07. The summed E-state index contributed by atoms with van der Waals surface area (Å²) in [4.78, 5) is 12.8. The smallest absolute Gasteiger partial charge is 0.195 e. The average Bonchev–Trinajstić information content (AvgIpc) is 2.46. The van der Waals surface area contributed by atoms with Crippen molar-refractivity contribution in [1.82, 2.24) is 0 Å². The first-order valence-electron chi connectivity index (χ1n) is 6.23. The molecule has 1 aliphatic rings. The number of fused-ring (bicyclic) bond motifs is 2. The quantitative estimate of drug-likeness (QED) is 0.385. The fourth-order valence-electron chi connectivity index (χ4n) is 2.89. The number of carbonyl (C=O) groups excluding carboxylic acids is 1. The van der Waals surface area contributed by atoms with Crippen LogP contribution in [0.3, 0.4) is 0 Å². The topological polar surface area (TPSA) is 17.1 Å². The van der Waals surface area contributed by atoms with Crippen molar-refractivity contribution >= 4 is 48.4 Å². The number of ketones is 1. The summed E-state index contributed by atoms with van der Waals surface area (Å²) in [6.45, 7) is 0. The van der Waals surface area contributed by atoms with E-state index in [9.17, 15) is 4.79 Å². The van der Waals surface area contributed by atoms with Gasteiger partial charge < -0.3 is 0 Å². The van der Waals surface area contributed by atoms with Crippen molar-refractivity contribution < 1.29 is 4.79 Å². The SMILES string of the molecule is O=C1c2ccccc2-c2c(Br)ccc3ccc(Br)c1c23. The molecule has 0 radical (unpaired) electrons. The molecular formula is C17H8Br2O. The molecule has 20 heavy (non-hydrogen) atoms.